The molecule has 124 valence electrons. The number of aryl methyl sites for hydroxylation is 1. The van der Waals surface area contributed by atoms with Crippen molar-refractivity contribution in [1.82, 2.24) is 0 Å². The largest absolute Gasteiger partial charge is 0.417 e. The summed E-state index contributed by atoms with van der Waals surface area (Å²) in [7, 11) is -4.16. The minimum atomic E-state index is -4.73. The Morgan fingerprint density at radius 3 is 2.35 bits per heavy atom. The first-order chi connectivity index (χ1) is 10.5. The Morgan fingerprint density at radius 1 is 1.09 bits per heavy atom. The summed E-state index contributed by atoms with van der Waals surface area (Å²) in [6, 6.07) is 7.48. The maximum absolute atomic E-state index is 12.9. The predicted molar refractivity (Wildman–Crippen MR) is 83.2 cm³/mol. The molecule has 0 aliphatic heterocycles. The Bertz CT molecular complexity index is 848. The van der Waals surface area contributed by atoms with Crippen LogP contribution in [-0.2, 0) is 16.2 Å². The third kappa shape index (κ3) is 3.79. The minimum Gasteiger partial charge on any atom is -0.279 e. The van der Waals surface area contributed by atoms with Crippen LogP contribution in [0.25, 0.3) is 0 Å². The highest BCUT2D eigenvalue weighted by Gasteiger charge is 2.34. The summed E-state index contributed by atoms with van der Waals surface area (Å²) in [6.07, 6.45) is -4.73. The summed E-state index contributed by atoms with van der Waals surface area (Å²) >= 11 is 5.50. The molecule has 0 unspecified atom stereocenters. The van der Waals surface area contributed by atoms with Crippen LogP contribution in [0.3, 0.4) is 0 Å². The fraction of sp³-hybridized carbons (Fsp3) is 0.200. The Morgan fingerprint density at radius 2 is 1.74 bits per heavy atom. The quantitative estimate of drug-likeness (QED) is 0.853. The molecule has 0 aliphatic carbocycles. The van der Waals surface area contributed by atoms with Crippen LogP contribution in [0.5, 0.6) is 0 Å². The van der Waals surface area contributed by atoms with Crippen molar-refractivity contribution in [3.63, 3.8) is 0 Å². The third-order valence-electron chi connectivity index (χ3n) is 3.40. The van der Waals surface area contributed by atoms with Gasteiger partial charge in [-0.2, -0.15) is 13.2 Å². The summed E-state index contributed by atoms with van der Waals surface area (Å²) < 4.78 is 65.6. The van der Waals surface area contributed by atoms with Crippen molar-refractivity contribution in [3.8, 4) is 0 Å². The number of hydrogen-bond donors (Lipinski definition) is 1. The number of nitrogens with one attached hydrogen (secondary N) is 1. The smallest absolute Gasteiger partial charge is 0.279 e. The molecule has 0 heterocycles. The van der Waals surface area contributed by atoms with E-state index in [9.17, 15) is 21.6 Å². The van der Waals surface area contributed by atoms with E-state index in [1.807, 2.05) is 0 Å². The molecule has 23 heavy (non-hydrogen) atoms. The number of halogens is 4. The molecule has 0 saturated carbocycles. The Balaban J connectivity index is 2.47. The van der Waals surface area contributed by atoms with Crippen molar-refractivity contribution in [2.45, 2.75) is 24.9 Å². The van der Waals surface area contributed by atoms with E-state index in [1.54, 1.807) is 32.0 Å². The van der Waals surface area contributed by atoms with Crippen LogP contribution in [0.2, 0.25) is 5.02 Å². The van der Waals surface area contributed by atoms with E-state index in [1.165, 1.54) is 0 Å². The number of benzene rings is 2. The Labute approximate surface area is 137 Å². The molecule has 3 nitrogen and oxygen atoms in total. The lowest BCUT2D eigenvalue weighted by molar-refractivity contribution is -0.137. The lowest BCUT2D eigenvalue weighted by Crippen LogP contribution is -2.15. The van der Waals surface area contributed by atoms with Crippen LogP contribution < -0.4 is 4.72 Å². The van der Waals surface area contributed by atoms with E-state index in [-0.39, 0.29) is 0 Å². The molecule has 0 aliphatic rings. The monoisotopic (exact) mass is 363 g/mol. The van der Waals surface area contributed by atoms with Gasteiger partial charge in [-0.05, 0) is 49.2 Å². The molecule has 0 radical (unpaired) electrons. The number of rotatable bonds is 3. The van der Waals surface area contributed by atoms with Gasteiger partial charge in [0.15, 0.2) is 0 Å². The molecule has 2 rings (SSSR count). The van der Waals surface area contributed by atoms with Crippen LogP contribution in [0.1, 0.15) is 16.7 Å². The molecule has 0 aromatic heterocycles. The standard InChI is InChI=1S/C15H13ClF3NO2S/c1-9-4-3-5-14(10(9)2)20-23(21,22)11-6-7-13(16)12(8-11)15(17,18)19/h3-8,20H,1-2H3. The first-order valence-corrected chi connectivity index (χ1v) is 8.34. The highest BCUT2D eigenvalue weighted by Crippen LogP contribution is 2.36. The first kappa shape index (κ1) is 17.6. The zero-order valence-electron chi connectivity index (χ0n) is 12.2. The molecule has 1 N–H and O–H groups in total. The van der Waals surface area contributed by atoms with Crippen molar-refractivity contribution in [3.05, 3.63) is 58.1 Å². The van der Waals surface area contributed by atoms with Gasteiger partial charge in [-0.3, -0.25) is 4.72 Å². The van der Waals surface area contributed by atoms with Crippen molar-refractivity contribution in [1.29, 1.82) is 0 Å². The molecule has 8 heteroatoms. The maximum atomic E-state index is 12.9. The average Bonchev–Trinajstić information content (AvgIpc) is 2.42. The highest BCUT2D eigenvalue weighted by atomic mass is 35.5. The SMILES string of the molecule is Cc1cccc(NS(=O)(=O)c2ccc(Cl)c(C(F)(F)F)c2)c1C. The van der Waals surface area contributed by atoms with Gasteiger partial charge < -0.3 is 0 Å². The Kier molecular flexibility index (Phi) is 4.64. The van der Waals surface area contributed by atoms with Crippen LogP contribution in [-0.4, -0.2) is 8.42 Å². The number of sulfonamides is 1. The van der Waals surface area contributed by atoms with Gasteiger partial charge in [0, 0.05) is 0 Å². The van der Waals surface area contributed by atoms with Crippen LogP contribution >= 0.6 is 11.6 Å². The van der Waals surface area contributed by atoms with E-state index in [4.69, 9.17) is 11.6 Å². The van der Waals surface area contributed by atoms with Crippen molar-refractivity contribution >= 4 is 27.3 Å². The fourth-order valence-corrected chi connectivity index (χ4v) is 3.33. The van der Waals surface area contributed by atoms with Crippen LogP contribution in [0.4, 0.5) is 18.9 Å². The molecule has 0 bridgehead atoms. The van der Waals surface area contributed by atoms with Crippen molar-refractivity contribution in [2.75, 3.05) is 4.72 Å². The lowest BCUT2D eigenvalue weighted by atomic mass is 10.1. The van der Waals surface area contributed by atoms with Gasteiger partial charge in [0.05, 0.1) is 21.2 Å². The molecule has 0 atom stereocenters. The van der Waals surface area contributed by atoms with E-state index < -0.39 is 31.7 Å². The molecule has 0 fully saturated rings. The molecular weight excluding hydrogens is 351 g/mol. The first-order valence-electron chi connectivity index (χ1n) is 6.48. The second-order valence-electron chi connectivity index (χ2n) is 4.99. The van der Waals surface area contributed by atoms with Gasteiger partial charge in [-0.1, -0.05) is 23.7 Å². The van der Waals surface area contributed by atoms with Gasteiger partial charge in [-0.15, -0.1) is 0 Å². The average molecular weight is 364 g/mol. The normalized spacial score (nSPS) is 12.3. The Hall–Kier alpha value is -1.73. The maximum Gasteiger partial charge on any atom is 0.417 e. The van der Waals surface area contributed by atoms with Crippen LogP contribution in [0, 0.1) is 13.8 Å². The summed E-state index contributed by atoms with van der Waals surface area (Å²) in [5.74, 6) is 0. The van der Waals surface area contributed by atoms with Crippen molar-refractivity contribution < 1.29 is 21.6 Å². The van der Waals surface area contributed by atoms with E-state index in [0.717, 1.165) is 17.7 Å². The van der Waals surface area contributed by atoms with E-state index >= 15 is 0 Å². The zero-order chi connectivity index (χ0) is 17.4. The third-order valence-corrected chi connectivity index (χ3v) is 5.10. The van der Waals surface area contributed by atoms with E-state index in [0.29, 0.717) is 17.3 Å². The van der Waals surface area contributed by atoms with E-state index in [2.05, 4.69) is 4.72 Å². The van der Waals surface area contributed by atoms with Gasteiger partial charge in [0.1, 0.15) is 0 Å². The summed E-state index contributed by atoms with van der Waals surface area (Å²) in [5.41, 5.74) is 0.676. The zero-order valence-corrected chi connectivity index (χ0v) is 13.8. The van der Waals surface area contributed by atoms with Gasteiger partial charge >= 0.3 is 6.18 Å². The number of anilines is 1. The van der Waals surface area contributed by atoms with Crippen LogP contribution in [0.15, 0.2) is 41.3 Å². The minimum absolute atomic E-state index is 0.313. The van der Waals surface area contributed by atoms with Gasteiger partial charge in [-0.25, -0.2) is 8.42 Å². The topological polar surface area (TPSA) is 46.2 Å². The number of alkyl halides is 3. The molecule has 2 aromatic rings. The molecule has 0 saturated heterocycles. The second kappa shape index (κ2) is 6.05. The second-order valence-corrected chi connectivity index (χ2v) is 7.08. The molecule has 2 aromatic carbocycles. The fourth-order valence-electron chi connectivity index (χ4n) is 1.95. The highest BCUT2D eigenvalue weighted by molar-refractivity contribution is 7.92. The summed E-state index contributed by atoms with van der Waals surface area (Å²) in [6.45, 7) is 3.52. The molecule has 0 spiro atoms. The molecule has 0 amide bonds. The summed E-state index contributed by atoms with van der Waals surface area (Å²) in [4.78, 5) is -0.505. The molecular formula is C15H13ClF3NO2S. The van der Waals surface area contributed by atoms with Gasteiger partial charge in [0.2, 0.25) is 0 Å². The van der Waals surface area contributed by atoms with Crippen molar-refractivity contribution in [2.24, 2.45) is 0 Å². The summed E-state index contributed by atoms with van der Waals surface area (Å²) in [5, 5.41) is -0.553. The lowest BCUT2D eigenvalue weighted by Gasteiger charge is -2.14. The number of hydrogen-bond acceptors (Lipinski definition) is 2. The predicted octanol–water partition coefficient (Wildman–Crippen LogP) is 4.78. The van der Waals surface area contributed by atoms with Gasteiger partial charge in [0.25, 0.3) is 10.0 Å².